The van der Waals surface area contributed by atoms with Gasteiger partial charge in [-0.2, -0.15) is 5.26 Å². The molecule has 2 fully saturated rings. The molecule has 0 aliphatic carbocycles. The molecule has 0 bridgehead atoms. The standard InChI is InChI=1S/C28H29N9O2/c1-18-15-36(28(38)25-22(39-3)6-4-8-31-25)19(2)14-35(18)26-24-21(34-10-5-11-34)16-37(27(24)33-17-32-26)23-12-20(13-29)7-9-30-23/h4,6-9,12,16-19H,5,10-11,14-15H2,1-3H3/t18-,19+/m0/s1. The number of rotatable bonds is 5. The van der Waals surface area contributed by atoms with Crippen LogP contribution in [0, 0.1) is 11.3 Å². The molecule has 6 heterocycles. The summed E-state index contributed by atoms with van der Waals surface area (Å²) < 4.78 is 7.34. The van der Waals surface area contributed by atoms with Crippen LogP contribution in [0.3, 0.4) is 0 Å². The Morgan fingerprint density at radius 1 is 1.08 bits per heavy atom. The lowest BCUT2D eigenvalue weighted by molar-refractivity contribution is 0.0634. The van der Waals surface area contributed by atoms with E-state index in [0.29, 0.717) is 35.9 Å². The predicted molar refractivity (Wildman–Crippen MR) is 146 cm³/mol. The fourth-order valence-corrected chi connectivity index (χ4v) is 5.39. The van der Waals surface area contributed by atoms with Gasteiger partial charge in [-0.3, -0.25) is 9.36 Å². The number of ether oxygens (including phenoxy) is 1. The molecule has 2 aliphatic heterocycles. The Balaban J connectivity index is 1.39. The number of hydrogen-bond acceptors (Lipinski definition) is 9. The Morgan fingerprint density at radius 2 is 1.92 bits per heavy atom. The number of hydrogen-bond donors (Lipinski definition) is 0. The highest BCUT2D eigenvalue weighted by atomic mass is 16.5. The van der Waals surface area contributed by atoms with E-state index in [0.717, 1.165) is 42.0 Å². The van der Waals surface area contributed by atoms with Gasteiger partial charge in [0.25, 0.3) is 5.91 Å². The summed E-state index contributed by atoms with van der Waals surface area (Å²) in [6.07, 6.45) is 8.01. The van der Waals surface area contributed by atoms with Crippen LogP contribution >= 0.6 is 0 Å². The maximum absolute atomic E-state index is 13.5. The minimum Gasteiger partial charge on any atom is -0.494 e. The van der Waals surface area contributed by atoms with Crippen LogP contribution in [-0.2, 0) is 0 Å². The van der Waals surface area contributed by atoms with E-state index in [1.165, 1.54) is 0 Å². The Kier molecular flexibility index (Phi) is 6.23. The summed E-state index contributed by atoms with van der Waals surface area (Å²) in [4.78, 5) is 38.2. The number of methoxy groups -OCH3 is 1. The zero-order chi connectivity index (χ0) is 27.1. The molecule has 11 nitrogen and oxygen atoms in total. The summed E-state index contributed by atoms with van der Waals surface area (Å²) in [5, 5.41) is 10.4. The molecule has 4 aromatic heterocycles. The van der Waals surface area contributed by atoms with Crippen molar-refractivity contribution in [1.29, 1.82) is 5.26 Å². The van der Waals surface area contributed by atoms with Crippen LogP contribution in [0.4, 0.5) is 11.5 Å². The predicted octanol–water partition coefficient (Wildman–Crippen LogP) is 3.04. The third-order valence-corrected chi connectivity index (χ3v) is 7.57. The Labute approximate surface area is 226 Å². The van der Waals surface area contributed by atoms with Crippen molar-refractivity contribution >= 4 is 28.4 Å². The third-order valence-electron chi connectivity index (χ3n) is 7.57. The molecule has 2 aliphatic rings. The molecule has 0 radical (unpaired) electrons. The lowest BCUT2D eigenvalue weighted by Gasteiger charge is -2.45. The summed E-state index contributed by atoms with van der Waals surface area (Å²) >= 11 is 0. The van der Waals surface area contributed by atoms with Gasteiger partial charge in [-0.05, 0) is 44.5 Å². The van der Waals surface area contributed by atoms with Gasteiger partial charge in [-0.1, -0.05) is 0 Å². The quantitative estimate of drug-likeness (QED) is 0.389. The topological polar surface area (TPSA) is 116 Å². The molecule has 0 saturated carbocycles. The van der Waals surface area contributed by atoms with Crippen molar-refractivity contribution in [2.75, 3.05) is 43.1 Å². The van der Waals surface area contributed by atoms with Gasteiger partial charge in [-0.25, -0.2) is 19.9 Å². The molecular weight excluding hydrogens is 494 g/mol. The molecule has 0 unspecified atom stereocenters. The van der Waals surface area contributed by atoms with Gasteiger partial charge in [0.2, 0.25) is 0 Å². The van der Waals surface area contributed by atoms with E-state index < -0.39 is 0 Å². The van der Waals surface area contributed by atoms with Gasteiger partial charge in [0, 0.05) is 56.9 Å². The Morgan fingerprint density at radius 3 is 2.67 bits per heavy atom. The number of pyridine rings is 2. The van der Waals surface area contributed by atoms with E-state index in [4.69, 9.17) is 9.72 Å². The highest BCUT2D eigenvalue weighted by Crippen LogP contribution is 2.39. The number of anilines is 2. The third kappa shape index (κ3) is 4.18. The van der Waals surface area contributed by atoms with Gasteiger partial charge in [0.15, 0.2) is 11.3 Å². The minimum absolute atomic E-state index is 0.00871. The number of amides is 1. The van der Waals surface area contributed by atoms with Crippen LogP contribution in [0.2, 0.25) is 0 Å². The number of piperazine rings is 1. The van der Waals surface area contributed by atoms with Crippen LogP contribution in [0.15, 0.2) is 49.2 Å². The highest BCUT2D eigenvalue weighted by molar-refractivity contribution is 6.01. The van der Waals surface area contributed by atoms with E-state index in [1.54, 1.807) is 50.1 Å². The second-order valence-corrected chi connectivity index (χ2v) is 10.00. The first-order valence-electron chi connectivity index (χ1n) is 13.0. The Bertz CT molecular complexity index is 1590. The summed E-state index contributed by atoms with van der Waals surface area (Å²) in [6.45, 7) is 7.17. The van der Waals surface area contributed by atoms with Gasteiger partial charge < -0.3 is 19.4 Å². The van der Waals surface area contributed by atoms with E-state index in [1.807, 2.05) is 22.6 Å². The second kappa shape index (κ2) is 9.87. The maximum atomic E-state index is 13.5. The molecule has 198 valence electrons. The molecule has 4 aromatic rings. The summed E-state index contributed by atoms with van der Waals surface area (Å²) in [7, 11) is 1.55. The lowest BCUT2D eigenvalue weighted by atomic mass is 10.1. The van der Waals surface area contributed by atoms with Gasteiger partial charge in [-0.15, -0.1) is 0 Å². The molecule has 2 atom stereocenters. The van der Waals surface area contributed by atoms with E-state index in [9.17, 15) is 10.1 Å². The maximum Gasteiger partial charge on any atom is 0.276 e. The van der Waals surface area contributed by atoms with Crippen molar-refractivity contribution in [2.45, 2.75) is 32.4 Å². The second-order valence-electron chi connectivity index (χ2n) is 10.00. The smallest absolute Gasteiger partial charge is 0.276 e. The SMILES string of the molecule is COc1cccnc1C(=O)N1C[C@H](C)N(c2ncnc3c2c(N2CCC2)cn3-c2cc(C#N)ccn2)C[C@H]1C. The zero-order valence-electron chi connectivity index (χ0n) is 22.2. The van der Waals surface area contributed by atoms with Crippen molar-refractivity contribution in [1.82, 2.24) is 29.4 Å². The van der Waals surface area contributed by atoms with Crippen molar-refractivity contribution in [3.8, 4) is 17.6 Å². The van der Waals surface area contributed by atoms with Gasteiger partial charge in [0.05, 0.1) is 29.8 Å². The molecule has 0 aromatic carbocycles. The first-order valence-corrected chi connectivity index (χ1v) is 13.0. The molecule has 0 spiro atoms. The zero-order valence-corrected chi connectivity index (χ0v) is 22.2. The van der Waals surface area contributed by atoms with E-state index >= 15 is 0 Å². The van der Waals surface area contributed by atoms with Crippen LogP contribution < -0.4 is 14.5 Å². The molecule has 11 heteroatoms. The molecule has 1 amide bonds. The molecule has 39 heavy (non-hydrogen) atoms. The fraction of sp³-hybridized carbons (Fsp3) is 0.357. The van der Waals surface area contributed by atoms with Gasteiger partial charge >= 0.3 is 0 Å². The van der Waals surface area contributed by atoms with Crippen LogP contribution in [0.5, 0.6) is 5.75 Å². The molecular formula is C28H29N9O2. The molecule has 2 saturated heterocycles. The summed E-state index contributed by atoms with van der Waals surface area (Å²) in [5.74, 6) is 1.79. The number of fused-ring (bicyclic) bond motifs is 1. The average molecular weight is 524 g/mol. The lowest BCUT2D eigenvalue weighted by Crippen LogP contribution is -2.58. The van der Waals surface area contributed by atoms with Crippen molar-refractivity contribution < 1.29 is 9.53 Å². The van der Waals surface area contributed by atoms with E-state index in [2.05, 4.69) is 37.7 Å². The number of carbonyl (C=O) groups is 1. The monoisotopic (exact) mass is 523 g/mol. The van der Waals surface area contributed by atoms with E-state index in [-0.39, 0.29) is 18.0 Å². The summed E-state index contributed by atoms with van der Waals surface area (Å²) in [5.41, 5.74) is 2.64. The van der Waals surface area contributed by atoms with Crippen molar-refractivity contribution in [3.05, 3.63) is 60.4 Å². The van der Waals surface area contributed by atoms with Crippen molar-refractivity contribution in [3.63, 3.8) is 0 Å². The number of carbonyl (C=O) groups excluding carboxylic acids is 1. The highest BCUT2D eigenvalue weighted by Gasteiger charge is 2.36. The summed E-state index contributed by atoms with van der Waals surface area (Å²) in [6, 6.07) is 9.07. The molecule has 6 rings (SSSR count). The van der Waals surface area contributed by atoms with Crippen LogP contribution in [-0.4, -0.2) is 80.7 Å². The Hall–Kier alpha value is -4.72. The fourth-order valence-electron chi connectivity index (χ4n) is 5.39. The number of nitrogens with zero attached hydrogens (tertiary/aromatic N) is 9. The minimum atomic E-state index is -0.143. The number of nitriles is 1. The van der Waals surface area contributed by atoms with Gasteiger partial charge in [0.1, 0.15) is 23.7 Å². The first kappa shape index (κ1) is 24.6. The molecule has 0 N–H and O–H groups in total. The van der Waals surface area contributed by atoms with Crippen molar-refractivity contribution in [2.24, 2.45) is 0 Å². The van der Waals surface area contributed by atoms with Crippen LogP contribution in [0.25, 0.3) is 16.9 Å². The normalized spacial score (nSPS) is 19.1. The first-order chi connectivity index (χ1) is 19.0. The average Bonchev–Trinajstić information content (AvgIpc) is 3.32. The van der Waals surface area contributed by atoms with Crippen LogP contribution in [0.1, 0.15) is 36.3 Å². The number of aromatic nitrogens is 5. The largest absolute Gasteiger partial charge is 0.494 e.